The minimum Gasteiger partial charge on any atom is -0.348 e. The number of rotatable bonds is 9. The van der Waals surface area contributed by atoms with Crippen molar-refractivity contribution in [2.45, 2.75) is 24.3 Å². The smallest absolute Gasteiger partial charge is 0.243 e. The minimum atomic E-state index is -3.85. The Balaban J connectivity index is 1.77. The van der Waals surface area contributed by atoms with Gasteiger partial charge in [0, 0.05) is 16.0 Å². The van der Waals surface area contributed by atoms with Gasteiger partial charge in [0.15, 0.2) is 0 Å². The van der Waals surface area contributed by atoms with Crippen LogP contribution < -0.4 is 5.32 Å². The Kier molecular flexibility index (Phi) is 8.48. The van der Waals surface area contributed by atoms with Crippen LogP contribution in [0.5, 0.6) is 0 Å². The number of benzene rings is 3. The van der Waals surface area contributed by atoms with Crippen molar-refractivity contribution in [1.29, 1.82) is 0 Å². The molecule has 0 fully saturated rings. The lowest BCUT2D eigenvalue weighted by Crippen LogP contribution is -2.42. The van der Waals surface area contributed by atoms with E-state index in [-0.39, 0.29) is 29.9 Å². The number of amides is 1. The van der Waals surface area contributed by atoms with Crippen LogP contribution in [0.1, 0.15) is 24.1 Å². The molecule has 168 valence electrons. The van der Waals surface area contributed by atoms with Crippen molar-refractivity contribution < 1.29 is 13.2 Å². The molecule has 0 aliphatic carbocycles. The Labute approximate surface area is 202 Å². The van der Waals surface area contributed by atoms with Gasteiger partial charge in [-0.25, -0.2) is 8.42 Å². The molecule has 0 spiro atoms. The minimum absolute atomic E-state index is 0.146. The van der Waals surface area contributed by atoms with Crippen molar-refractivity contribution in [3.8, 4) is 0 Å². The summed E-state index contributed by atoms with van der Waals surface area (Å²) in [5.74, 6) is -0.374. The Hall–Kier alpha value is -2.19. The molecule has 0 bridgehead atoms. The molecule has 0 saturated heterocycles. The summed E-state index contributed by atoms with van der Waals surface area (Å²) in [6.45, 7) is 1.76. The molecule has 3 rings (SSSR count). The van der Waals surface area contributed by atoms with Gasteiger partial charge < -0.3 is 5.32 Å². The maximum atomic E-state index is 13.3. The predicted octanol–water partition coefficient (Wildman–Crippen LogP) is 5.21. The van der Waals surface area contributed by atoms with Crippen LogP contribution in [0.25, 0.3) is 0 Å². The first-order valence-corrected chi connectivity index (χ1v) is 12.7. The van der Waals surface area contributed by atoms with Crippen molar-refractivity contribution in [1.82, 2.24) is 9.62 Å². The summed E-state index contributed by atoms with van der Waals surface area (Å²) in [5, 5.41) is 3.49. The molecule has 0 aliphatic heterocycles. The summed E-state index contributed by atoms with van der Waals surface area (Å²) in [5.41, 5.74) is 1.88. The van der Waals surface area contributed by atoms with Crippen LogP contribution in [0.4, 0.5) is 0 Å². The fourth-order valence-corrected chi connectivity index (χ4v) is 5.01. The van der Waals surface area contributed by atoms with E-state index in [1.54, 1.807) is 24.3 Å². The van der Waals surface area contributed by atoms with Crippen LogP contribution in [0.3, 0.4) is 0 Å². The Bertz CT molecular complexity index is 1140. The zero-order valence-electron chi connectivity index (χ0n) is 17.5. The summed E-state index contributed by atoms with van der Waals surface area (Å²) >= 11 is 9.25. The molecular weight excluding hydrogens is 512 g/mol. The summed E-state index contributed by atoms with van der Waals surface area (Å²) in [7, 11) is -3.85. The molecule has 3 aromatic carbocycles. The third kappa shape index (κ3) is 6.65. The zero-order chi connectivity index (χ0) is 23.1. The van der Waals surface area contributed by atoms with E-state index < -0.39 is 10.0 Å². The highest BCUT2D eigenvalue weighted by Gasteiger charge is 2.27. The number of nitrogens with zero attached hydrogens (tertiary/aromatic N) is 1. The molecule has 32 heavy (non-hydrogen) atoms. The van der Waals surface area contributed by atoms with Gasteiger partial charge in [-0.2, -0.15) is 4.31 Å². The molecule has 0 aromatic heterocycles. The van der Waals surface area contributed by atoms with Gasteiger partial charge in [-0.3, -0.25) is 4.79 Å². The number of sulfonamides is 1. The molecule has 0 aliphatic rings. The molecule has 8 heteroatoms. The van der Waals surface area contributed by atoms with Gasteiger partial charge in [-0.15, -0.1) is 0 Å². The van der Waals surface area contributed by atoms with E-state index in [1.807, 2.05) is 49.4 Å². The Morgan fingerprint density at radius 1 is 1.00 bits per heavy atom. The van der Waals surface area contributed by atoms with Crippen LogP contribution in [-0.2, 0) is 21.2 Å². The number of hydrogen-bond acceptors (Lipinski definition) is 3. The standard InChI is InChI=1S/C24H24BrClN2O3S/c1-18(20-7-11-22(26)12-8-20)27-24(29)17-28(16-15-19-5-3-2-4-6-19)32(30,31)23-13-9-21(25)10-14-23/h2-14,18H,15-17H2,1H3,(H,27,29)/t18-/m0/s1. The van der Waals surface area contributed by atoms with Crippen molar-refractivity contribution in [3.05, 3.63) is 99.5 Å². The molecule has 1 amide bonds. The second-order valence-corrected chi connectivity index (χ2v) is 10.7. The largest absolute Gasteiger partial charge is 0.348 e. The molecular formula is C24H24BrClN2O3S. The molecule has 5 nitrogen and oxygen atoms in total. The first kappa shape index (κ1) is 24.5. The van der Waals surface area contributed by atoms with Crippen LogP contribution in [0.2, 0.25) is 5.02 Å². The molecule has 0 heterocycles. The van der Waals surface area contributed by atoms with Crippen LogP contribution in [0.15, 0.2) is 88.2 Å². The van der Waals surface area contributed by atoms with Crippen molar-refractivity contribution in [2.24, 2.45) is 0 Å². The van der Waals surface area contributed by atoms with Gasteiger partial charge in [0.05, 0.1) is 17.5 Å². The van der Waals surface area contributed by atoms with Gasteiger partial charge in [0.25, 0.3) is 0 Å². The van der Waals surface area contributed by atoms with Crippen molar-refractivity contribution in [3.63, 3.8) is 0 Å². The highest BCUT2D eigenvalue weighted by Crippen LogP contribution is 2.20. The van der Waals surface area contributed by atoms with E-state index in [9.17, 15) is 13.2 Å². The maximum Gasteiger partial charge on any atom is 0.243 e. The number of hydrogen-bond donors (Lipinski definition) is 1. The lowest BCUT2D eigenvalue weighted by atomic mass is 10.1. The van der Waals surface area contributed by atoms with Crippen molar-refractivity contribution in [2.75, 3.05) is 13.1 Å². The molecule has 1 atom stereocenters. The molecule has 1 N–H and O–H groups in total. The SMILES string of the molecule is C[C@H](NC(=O)CN(CCc1ccccc1)S(=O)(=O)c1ccc(Br)cc1)c1ccc(Cl)cc1. The van der Waals surface area contributed by atoms with Gasteiger partial charge in [0.1, 0.15) is 0 Å². The van der Waals surface area contributed by atoms with Crippen molar-refractivity contribution >= 4 is 43.5 Å². The normalized spacial score (nSPS) is 12.5. The molecule has 0 saturated carbocycles. The first-order chi connectivity index (χ1) is 15.3. The third-order valence-electron chi connectivity index (χ3n) is 5.01. The number of halogens is 2. The monoisotopic (exact) mass is 534 g/mol. The third-order valence-corrected chi connectivity index (χ3v) is 7.65. The molecule has 3 aromatic rings. The fraction of sp³-hybridized carbons (Fsp3) is 0.208. The first-order valence-electron chi connectivity index (χ1n) is 10.1. The predicted molar refractivity (Wildman–Crippen MR) is 131 cm³/mol. The number of nitrogens with one attached hydrogen (secondary N) is 1. The van der Waals surface area contributed by atoms with E-state index in [1.165, 1.54) is 16.4 Å². The summed E-state index contributed by atoms with van der Waals surface area (Å²) < 4.78 is 28.6. The second-order valence-electron chi connectivity index (χ2n) is 7.37. The Morgan fingerprint density at radius 3 is 2.25 bits per heavy atom. The van der Waals surface area contributed by atoms with Gasteiger partial charge in [0.2, 0.25) is 15.9 Å². The summed E-state index contributed by atoms with van der Waals surface area (Å²) in [6.07, 6.45) is 0.497. The van der Waals surface area contributed by atoms with Gasteiger partial charge in [-0.1, -0.05) is 70.0 Å². The average Bonchev–Trinajstić information content (AvgIpc) is 2.78. The van der Waals surface area contributed by atoms with Gasteiger partial charge >= 0.3 is 0 Å². The van der Waals surface area contributed by atoms with Crippen LogP contribution in [0, 0.1) is 0 Å². The lowest BCUT2D eigenvalue weighted by Gasteiger charge is -2.23. The average molecular weight is 536 g/mol. The number of carbonyl (C=O) groups excluding carboxylic acids is 1. The second kappa shape index (κ2) is 11.1. The van der Waals surface area contributed by atoms with E-state index in [4.69, 9.17) is 11.6 Å². The van der Waals surface area contributed by atoms with E-state index in [2.05, 4.69) is 21.2 Å². The number of carbonyl (C=O) groups is 1. The van der Waals surface area contributed by atoms with Gasteiger partial charge in [-0.05, 0) is 60.9 Å². The molecule has 0 radical (unpaired) electrons. The lowest BCUT2D eigenvalue weighted by molar-refractivity contribution is -0.121. The summed E-state index contributed by atoms with van der Waals surface area (Å²) in [6, 6.07) is 22.9. The quantitative estimate of drug-likeness (QED) is 0.409. The molecule has 0 unspecified atom stereocenters. The zero-order valence-corrected chi connectivity index (χ0v) is 20.7. The summed E-state index contributed by atoms with van der Waals surface area (Å²) in [4.78, 5) is 12.9. The highest BCUT2D eigenvalue weighted by molar-refractivity contribution is 9.10. The van der Waals surface area contributed by atoms with E-state index >= 15 is 0 Å². The Morgan fingerprint density at radius 2 is 1.62 bits per heavy atom. The topological polar surface area (TPSA) is 66.5 Å². The van der Waals surface area contributed by atoms with Crippen LogP contribution in [-0.4, -0.2) is 31.7 Å². The fourth-order valence-electron chi connectivity index (χ4n) is 3.22. The van der Waals surface area contributed by atoms with Crippen LogP contribution >= 0.6 is 27.5 Å². The van der Waals surface area contributed by atoms with E-state index in [0.717, 1.165) is 15.6 Å². The maximum absolute atomic E-state index is 13.3. The van der Waals surface area contributed by atoms with E-state index in [0.29, 0.717) is 11.4 Å². The highest BCUT2D eigenvalue weighted by atomic mass is 79.9.